The summed E-state index contributed by atoms with van der Waals surface area (Å²) in [6, 6.07) is 16.7. The van der Waals surface area contributed by atoms with Gasteiger partial charge in [-0.15, -0.1) is 6.58 Å². The van der Waals surface area contributed by atoms with E-state index in [1.165, 1.54) is 4.57 Å². The van der Waals surface area contributed by atoms with E-state index >= 15 is 0 Å². The summed E-state index contributed by atoms with van der Waals surface area (Å²) in [5.74, 6) is 0. The van der Waals surface area contributed by atoms with E-state index in [9.17, 15) is 9.59 Å². The molecule has 0 saturated carbocycles. The average molecular weight is 292 g/mol. The molecule has 0 aliphatic heterocycles. The molecule has 22 heavy (non-hydrogen) atoms. The van der Waals surface area contributed by atoms with E-state index in [2.05, 4.69) is 6.58 Å². The van der Waals surface area contributed by atoms with Crippen molar-refractivity contribution in [3.63, 3.8) is 0 Å². The van der Waals surface area contributed by atoms with Crippen molar-refractivity contribution < 1.29 is 0 Å². The first kappa shape index (κ1) is 14.1. The molecule has 4 heteroatoms. The van der Waals surface area contributed by atoms with E-state index in [-0.39, 0.29) is 17.8 Å². The minimum Gasteiger partial charge on any atom is -0.289 e. The molecule has 0 atom stereocenters. The van der Waals surface area contributed by atoms with Crippen LogP contribution in [0, 0.1) is 0 Å². The number of nitrogens with zero attached hydrogens (tertiary/aromatic N) is 2. The van der Waals surface area contributed by atoms with Gasteiger partial charge in [-0.1, -0.05) is 48.5 Å². The smallest absolute Gasteiger partial charge is 0.289 e. The fourth-order valence-corrected chi connectivity index (χ4v) is 2.58. The summed E-state index contributed by atoms with van der Waals surface area (Å²) < 4.78 is 2.85. The maximum atomic E-state index is 12.7. The van der Waals surface area contributed by atoms with E-state index < -0.39 is 0 Å². The lowest BCUT2D eigenvalue weighted by atomic mass is 10.2. The molecule has 0 bridgehead atoms. The molecule has 4 nitrogen and oxygen atoms in total. The number of hydrogen-bond donors (Lipinski definition) is 0. The quantitative estimate of drug-likeness (QED) is 0.693. The molecule has 2 aromatic carbocycles. The highest BCUT2D eigenvalue weighted by Crippen LogP contribution is 2.08. The lowest BCUT2D eigenvalue weighted by Crippen LogP contribution is -2.40. The first-order chi connectivity index (χ1) is 10.7. The van der Waals surface area contributed by atoms with Gasteiger partial charge in [-0.05, 0) is 17.7 Å². The highest BCUT2D eigenvalue weighted by Gasteiger charge is 2.12. The van der Waals surface area contributed by atoms with Crippen molar-refractivity contribution in [2.24, 2.45) is 0 Å². The van der Waals surface area contributed by atoms with Crippen molar-refractivity contribution in [3.05, 3.63) is 93.7 Å². The molecule has 0 N–H and O–H groups in total. The molecule has 0 unspecified atom stereocenters. The molecular weight excluding hydrogens is 276 g/mol. The Hall–Kier alpha value is -2.88. The van der Waals surface area contributed by atoms with Crippen LogP contribution in [0.4, 0.5) is 0 Å². The minimum absolute atomic E-state index is 0.259. The Labute approximate surface area is 127 Å². The lowest BCUT2D eigenvalue weighted by Gasteiger charge is -2.12. The van der Waals surface area contributed by atoms with Crippen LogP contribution in [-0.4, -0.2) is 9.13 Å². The number of hydrogen-bond acceptors (Lipinski definition) is 2. The highest BCUT2D eigenvalue weighted by molar-refractivity contribution is 5.77. The topological polar surface area (TPSA) is 44.0 Å². The van der Waals surface area contributed by atoms with Gasteiger partial charge in [0.15, 0.2) is 0 Å². The maximum absolute atomic E-state index is 12.7. The molecule has 0 radical (unpaired) electrons. The number of fused-ring (bicyclic) bond motifs is 1. The van der Waals surface area contributed by atoms with Crippen LogP contribution >= 0.6 is 0 Å². The molecule has 1 heterocycles. The molecule has 110 valence electrons. The first-order valence-electron chi connectivity index (χ1n) is 7.09. The molecule has 0 aliphatic carbocycles. The Morgan fingerprint density at radius 1 is 0.909 bits per heavy atom. The van der Waals surface area contributed by atoms with Gasteiger partial charge in [0.25, 0.3) is 5.56 Å². The monoisotopic (exact) mass is 292 g/mol. The number of allylic oxidation sites excluding steroid dienone is 1. The summed E-state index contributed by atoms with van der Waals surface area (Å²) in [6.45, 7) is 4.33. The minimum atomic E-state index is -0.313. The second-order valence-electron chi connectivity index (χ2n) is 5.08. The maximum Gasteiger partial charge on any atom is 0.332 e. The summed E-state index contributed by atoms with van der Waals surface area (Å²) in [7, 11) is 0. The van der Waals surface area contributed by atoms with Crippen LogP contribution in [-0.2, 0) is 13.1 Å². The molecule has 0 spiro atoms. The van der Waals surface area contributed by atoms with Gasteiger partial charge in [0.05, 0.1) is 17.4 Å². The van der Waals surface area contributed by atoms with Crippen LogP contribution in [0.3, 0.4) is 0 Å². The number of para-hydroxylation sites is 1. The zero-order chi connectivity index (χ0) is 15.5. The fourth-order valence-electron chi connectivity index (χ4n) is 2.58. The van der Waals surface area contributed by atoms with Crippen LogP contribution in [0.5, 0.6) is 0 Å². The zero-order valence-electron chi connectivity index (χ0n) is 12.1. The molecule has 0 aliphatic rings. The van der Waals surface area contributed by atoms with Crippen LogP contribution in [0.1, 0.15) is 5.56 Å². The highest BCUT2D eigenvalue weighted by atomic mass is 16.2. The fraction of sp³-hybridized carbons (Fsp3) is 0.111. The second-order valence-corrected chi connectivity index (χ2v) is 5.08. The van der Waals surface area contributed by atoms with Crippen molar-refractivity contribution in [3.8, 4) is 0 Å². The third-order valence-electron chi connectivity index (χ3n) is 3.63. The van der Waals surface area contributed by atoms with E-state index in [1.54, 1.807) is 28.8 Å². The SMILES string of the molecule is C=CCn1c(=O)n(Cc2ccccc2)c(=O)c2ccccc21. The third-order valence-corrected chi connectivity index (χ3v) is 3.63. The Kier molecular flexibility index (Phi) is 3.74. The van der Waals surface area contributed by atoms with Crippen molar-refractivity contribution in [1.82, 2.24) is 9.13 Å². The van der Waals surface area contributed by atoms with E-state index in [1.807, 2.05) is 36.4 Å². The van der Waals surface area contributed by atoms with Crippen LogP contribution in [0.2, 0.25) is 0 Å². The van der Waals surface area contributed by atoms with E-state index in [4.69, 9.17) is 0 Å². The largest absolute Gasteiger partial charge is 0.332 e. The number of aromatic nitrogens is 2. The van der Waals surface area contributed by atoms with Gasteiger partial charge in [-0.3, -0.25) is 13.9 Å². The molecular formula is C18H16N2O2. The van der Waals surface area contributed by atoms with Crippen molar-refractivity contribution in [2.45, 2.75) is 13.1 Å². The van der Waals surface area contributed by atoms with Gasteiger partial charge < -0.3 is 0 Å². The number of benzene rings is 2. The van der Waals surface area contributed by atoms with E-state index in [0.717, 1.165) is 5.56 Å². The van der Waals surface area contributed by atoms with Gasteiger partial charge in [-0.2, -0.15) is 0 Å². The zero-order valence-corrected chi connectivity index (χ0v) is 12.1. The third kappa shape index (κ3) is 2.39. The first-order valence-corrected chi connectivity index (χ1v) is 7.09. The summed E-state index contributed by atoms with van der Waals surface area (Å²) in [4.78, 5) is 25.3. The van der Waals surface area contributed by atoms with Crippen molar-refractivity contribution >= 4 is 10.9 Å². The molecule has 0 fully saturated rings. The Morgan fingerprint density at radius 2 is 1.59 bits per heavy atom. The van der Waals surface area contributed by atoms with Crippen molar-refractivity contribution in [2.75, 3.05) is 0 Å². The molecule has 1 aromatic heterocycles. The predicted octanol–water partition coefficient (Wildman–Crippen LogP) is 2.40. The van der Waals surface area contributed by atoms with Gasteiger partial charge in [-0.25, -0.2) is 4.79 Å². The van der Waals surface area contributed by atoms with Gasteiger partial charge >= 0.3 is 5.69 Å². The molecule has 3 aromatic rings. The summed E-state index contributed by atoms with van der Waals surface area (Å²) in [5.41, 5.74) is 0.987. The Balaban J connectivity index is 2.28. The average Bonchev–Trinajstić information content (AvgIpc) is 2.56. The Morgan fingerprint density at radius 3 is 2.32 bits per heavy atom. The summed E-state index contributed by atoms with van der Waals surface area (Å²) in [5, 5.41) is 0.542. The van der Waals surface area contributed by atoms with Gasteiger partial charge in [0.1, 0.15) is 0 Å². The molecule has 3 rings (SSSR count). The summed E-state index contributed by atoms with van der Waals surface area (Å²) in [6.07, 6.45) is 1.66. The number of rotatable bonds is 4. The Bertz CT molecular complexity index is 937. The standard InChI is InChI=1S/C18H16N2O2/c1-2-12-19-16-11-7-6-10-15(16)17(21)20(18(19)22)13-14-8-4-3-5-9-14/h2-11H,1,12-13H2. The second kappa shape index (κ2) is 5.85. The normalized spacial score (nSPS) is 10.7. The molecule has 0 amide bonds. The summed E-state index contributed by atoms with van der Waals surface area (Å²) >= 11 is 0. The molecule has 0 saturated heterocycles. The van der Waals surface area contributed by atoms with Gasteiger partial charge in [0, 0.05) is 6.54 Å². The van der Waals surface area contributed by atoms with E-state index in [0.29, 0.717) is 17.4 Å². The van der Waals surface area contributed by atoms with Gasteiger partial charge in [0.2, 0.25) is 0 Å². The predicted molar refractivity (Wildman–Crippen MR) is 88.2 cm³/mol. The van der Waals surface area contributed by atoms with Crippen LogP contribution in [0.25, 0.3) is 10.9 Å². The van der Waals surface area contributed by atoms with Crippen LogP contribution in [0.15, 0.2) is 76.8 Å². The van der Waals surface area contributed by atoms with Crippen LogP contribution < -0.4 is 11.2 Å². The lowest BCUT2D eigenvalue weighted by molar-refractivity contribution is 0.641. The van der Waals surface area contributed by atoms with Crippen molar-refractivity contribution in [1.29, 1.82) is 0 Å².